The third-order valence-corrected chi connectivity index (χ3v) is 4.90. The summed E-state index contributed by atoms with van der Waals surface area (Å²) < 4.78 is 0. The molecule has 1 aliphatic rings. The first-order valence-electron chi connectivity index (χ1n) is 8.11. The van der Waals surface area contributed by atoms with Crippen LogP contribution in [-0.4, -0.2) is 17.0 Å². The largest absolute Gasteiger partial charge is 0.373 e. The van der Waals surface area contributed by atoms with E-state index < -0.39 is 0 Å². The van der Waals surface area contributed by atoms with Crippen molar-refractivity contribution >= 4 is 5.82 Å². The van der Waals surface area contributed by atoms with E-state index in [2.05, 4.69) is 33.0 Å². The maximum absolute atomic E-state index is 4.80. The first kappa shape index (κ1) is 15.3. The highest BCUT2D eigenvalue weighted by molar-refractivity contribution is 5.46. The second kappa shape index (κ2) is 6.55. The number of anilines is 1. The Bertz CT molecular complexity index is 446. The summed E-state index contributed by atoms with van der Waals surface area (Å²) in [6, 6.07) is 0. The maximum atomic E-state index is 4.80. The fourth-order valence-corrected chi connectivity index (χ4v) is 3.47. The standard InChI is InChI=1S/C17H29N3/c1-6-15-12(4)19-16(20-17(15)18-5)14-9-7-13(8-10-14)11(2)3/h11,13-14H,6-10H2,1-5H3,(H,18,19,20). The maximum Gasteiger partial charge on any atom is 0.134 e. The summed E-state index contributed by atoms with van der Waals surface area (Å²) in [5.74, 6) is 4.36. The van der Waals surface area contributed by atoms with Crippen molar-refractivity contribution in [1.29, 1.82) is 0 Å². The zero-order chi connectivity index (χ0) is 14.7. The molecule has 20 heavy (non-hydrogen) atoms. The third kappa shape index (κ3) is 3.13. The molecule has 1 aromatic heterocycles. The van der Waals surface area contributed by atoms with Crippen LogP contribution in [0.5, 0.6) is 0 Å². The van der Waals surface area contributed by atoms with Crippen LogP contribution in [0.25, 0.3) is 0 Å². The van der Waals surface area contributed by atoms with E-state index in [1.165, 1.54) is 31.2 Å². The van der Waals surface area contributed by atoms with Gasteiger partial charge in [-0.25, -0.2) is 9.97 Å². The summed E-state index contributed by atoms with van der Waals surface area (Å²) in [4.78, 5) is 9.59. The van der Waals surface area contributed by atoms with Crippen molar-refractivity contribution in [2.75, 3.05) is 12.4 Å². The van der Waals surface area contributed by atoms with Gasteiger partial charge in [0.25, 0.3) is 0 Å². The van der Waals surface area contributed by atoms with Crippen molar-refractivity contribution in [1.82, 2.24) is 9.97 Å². The summed E-state index contributed by atoms with van der Waals surface area (Å²) in [6.45, 7) is 8.98. The Balaban J connectivity index is 2.16. The van der Waals surface area contributed by atoms with E-state index in [-0.39, 0.29) is 0 Å². The van der Waals surface area contributed by atoms with Crippen LogP contribution < -0.4 is 5.32 Å². The fraction of sp³-hybridized carbons (Fsp3) is 0.765. The van der Waals surface area contributed by atoms with Gasteiger partial charge in [0.05, 0.1) is 0 Å². The van der Waals surface area contributed by atoms with Gasteiger partial charge in [-0.15, -0.1) is 0 Å². The predicted octanol–water partition coefficient (Wildman–Crippen LogP) is 4.32. The minimum Gasteiger partial charge on any atom is -0.373 e. The second-order valence-electron chi connectivity index (χ2n) is 6.45. The summed E-state index contributed by atoms with van der Waals surface area (Å²) in [7, 11) is 1.96. The van der Waals surface area contributed by atoms with Crippen molar-refractivity contribution in [2.45, 2.75) is 65.7 Å². The fourth-order valence-electron chi connectivity index (χ4n) is 3.47. The molecule has 0 unspecified atom stereocenters. The molecule has 0 spiro atoms. The lowest BCUT2D eigenvalue weighted by Gasteiger charge is -2.30. The van der Waals surface area contributed by atoms with Gasteiger partial charge in [0, 0.05) is 24.2 Å². The molecule has 1 aromatic rings. The van der Waals surface area contributed by atoms with Crippen LogP contribution >= 0.6 is 0 Å². The molecule has 0 atom stereocenters. The number of nitrogens with one attached hydrogen (secondary N) is 1. The first-order chi connectivity index (χ1) is 9.56. The third-order valence-electron chi connectivity index (χ3n) is 4.90. The molecule has 1 aliphatic carbocycles. The average molecular weight is 275 g/mol. The van der Waals surface area contributed by atoms with Crippen molar-refractivity contribution in [3.05, 3.63) is 17.1 Å². The van der Waals surface area contributed by atoms with Gasteiger partial charge in [-0.3, -0.25) is 0 Å². The minimum atomic E-state index is 0.557. The Hall–Kier alpha value is -1.12. The van der Waals surface area contributed by atoms with Crippen molar-refractivity contribution < 1.29 is 0 Å². The molecular formula is C17H29N3. The van der Waals surface area contributed by atoms with Crippen LogP contribution in [0.4, 0.5) is 5.82 Å². The smallest absolute Gasteiger partial charge is 0.134 e. The lowest BCUT2D eigenvalue weighted by molar-refractivity contribution is 0.254. The highest BCUT2D eigenvalue weighted by Gasteiger charge is 2.26. The lowest BCUT2D eigenvalue weighted by Crippen LogP contribution is -2.20. The Labute approximate surface area is 123 Å². The Morgan fingerprint density at radius 3 is 2.30 bits per heavy atom. The number of aryl methyl sites for hydroxylation is 1. The van der Waals surface area contributed by atoms with Gasteiger partial charge in [0.1, 0.15) is 11.6 Å². The number of nitrogens with zero attached hydrogens (tertiary/aromatic N) is 2. The molecule has 0 amide bonds. The van der Waals surface area contributed by atoms with Gasteiger partial charge in [-0.05, 0) is 50.9 Å². The van der Waals surface area contributed by atoms with Crippen LogP contribution in [0.1, 0.15) is 69.5 Å². The van der Waals surface area contributed by atoms with Gasteiger partial charge < -0.3 is 5.32 Å². The lowest BCUT2D eigenvalue weighted by atomic mass is 9.76. The highest BCUT2D eigenvalue weighted by atomic mass is 15.0. The van der Waals surface area contributed by atoms with Gasteiger partial charge in [-0.1, -0.05) is 20.8 Å². The molecule has 112 valence electrons. The zero-order valence-corrected chi connectivity index (χ0v) is 13.7. The summed E-state index contributed by atoms with van der Waals surface area (Å²) in [5.41, 5.74) is 2.40. The normalized spacial score (nSPS) is 23.1. The van der Waals surface area contributed by atoms with Crippen molar-refractivity contribution in [3.8, 4) is 0 Å². The van der Waals surface area contributed by atoms with Gasteiger partial charge in [0.2, 0.25) is 0 Å². The average Bonchev–Trinajstić information content (AvgIpc) is 2.46. The minimum absolute atomic E-state index is 0.557. The highest BCUT2D eigenvalue weighted by Crippen LogP contribution is 2.38. The molecule has 2 rings (SSSR count). The molecule has 0 bridgehead atoms. The second-order valence-corrected chi connectivity index (χ2v) is 6.45. The monoisotopic (exact) mass is 275 g/mol. The molecule has 3 heteroatoms. The van der Waals surface area contributed by atoms with E-state index in [4.69, 9.17) is 9.97 Å². The SMILES string of the molecule is CCc1c(C)nc(C2CCC(C(C)C)CC2)nc1NC. The molecule has 3 nitrogen and oxygen atoms in total. The zero-order valence-electron chi connectivity index (χ0n) is 13.7. The van der Waals surface area contributed by atoms with Crippen LogP contribution in [0.3, 0.4) is 0 Å². The topological polar surface area (TPSA) is 37.8 Å². The Morgan fingerprint density at radius 2 is 1.80 bits per heavy atom. The van der Waals surface area contributed by atoms with Crippen LogP contribution in [0, 0.1) is 18.8 Å². The summed E-state index contributed by atoms with van der Waals surface area (Å²) in [6.07, 6.45) is 6.14. The molecule has 1 fully saturated rings. The summed E-state index contributed by atoms with van der Waals surface area (Å²) in [5, 5.41) is 3.24. The van der Waals surface area contributed by atoms with E-state index in [1.807, 2.05) is 7.05 Å². The number of rotatable bonds is 4. The molecule has 0 aliphatic heterocycles. The van der Waals surface area contributed by atoms with Gasteiger partial charge in [0.15, 0.2) is 0 Å². The molecule has 0 saturated heterocycles. The Morgan fingerprint density at radius 1 is 1.15 bits per heavy atom. The molecule has 1 saturated carbocycles. The molecular weight excluding hydrogens is 246 g/mol. The predicted molar refractivity (Wildman–Crippen MR) is 85.2 cm³/mol. The van der Waals surface area contributed by atoms with Crippen molar-refractivity contribution in [3.63, 3.8) is 0 Å². The number of aromatic nitrogens is 2. The van der Waals surface area contributed by atoms with E-state index in [0.29, 0.717) is 5.92 Å². The first-order valence-corrected chi connectivity index (χ1v) is 8.11. The van der Waals surface area contributed by atoms with Gasteiger partial charge in [-0.2, -0.15) is 0 Å². The molecule has 1 N–H and O–H groups in total. The van der Waals surface area contributed by atoms with Gasteiger partial charge >= 0.3 is 0 Å². The van der Waals surface area contributed by atoms with E-state index in [0.717, 1.165) is 35.6 Å². The molecule has 0 radical (unpaired) electrons. The van der Waals surface area contributed by atoms with Crippen molar-refractivity contribution in [2.24, 2.45) is 11.8 Å². The summed E-state index contributed by atoms with van der Waals surface area (Å²) >= 11 is 0. The quantitative estimate of drug-likeness (QED) is 0.889. The van der Waals surface area contributed by atoms with E-state index >= 15 is 0 Å². The number of hydrogen-bond acceptors (Lipinski definition) is 3. The van der Waals surface area contributed by atoms with E-state index in [9.17, 15) is 0 Å². The van der Waals surface area contributed by atoms with Crippen LogP contribution in [0.2, 0.25) is 0 Å². The molecule has 0 aromatic carbocycles. The number of hydrogen-bond donors (Lipinski definition) is 1. The van der Waals surface area contributed by atoms with Crippen LogP contribution in [-0.2, 0) is 6.42 Å². The Kier molecular flexibility index (Phi) is 5.00. The van der Waals surface area contributed by atoms with Crippen LogP contribution in [0.15, 0.2) is 0 Å². The molecule has 1 heterocycles. The van der Waals surface area contributed by atoms with E-state index in [1.54, 1.807) is 0 Å².